The summed E-state index contributed by atoms with van der Waals surface area (Å²) < 4.78 is 5.54. The van der Waals surface area contributed by atoms with E-state index in [1.54, 1.807) is 0 Å². The zero-order chi connectivity index (χ0) is 13.8. The van der Waals surface area contributed by atoms with Gasteiger partial charge in [0.15, 0.2) is 0 Å². The molecule has 0 bridgehead atoms. The minimum Gasteiger partial charge on any atom is -0.444 e. The molecule has 0 fully saturated rings. The third-order valence-electron chi connectivity index (χ3n) is 3.43. The van der Waals surface area contributed by atoms with Crippen molar-refractivity contribution >= 4 is 0 Å². The molecule has 0 saturated heterocycles. The van der Waals surface area contributed by atoms with Crippen LogP contribution >= 0.6 is 0 Å². The van der Waals surface area contributed by atoms with Crippen LogP contribution in [0.25, 0.3) is 0 Å². The predicted molar refractivity (Wildman–Crippen MR) is 80.2 cm³/mol. The maximum Gasteiger partial charge on any atom is 0.208 e. The molecule has 0 atom stereocenters. The van der Waals surface area contributed by atoms with Gasteiger partial charge in [-0.25, -0.2) is 4.98 Å². The third kappa shape index (κ3) is 8.04. The van der Waals surface area contributed by atoms with Crippen LogP contribution in [-0.4, -0.2) is 11.5 Å². The molecule has 1 N–H and O–H groups in total. The van der Waals surface area contributed by atoms with E-state index >= 15 is 0 Å². The zero-order valence-electron chi connectivity index (χ0n) is 12.7. The molecule has 0 aliphatic rings. The topological polar surface area (TPSA) is 38.1 Å². The van der Waals surface area contributed by atoms with Gasteiger partial charge in [-0.3, -0.25) is 0 Å². The standard InChI is InChI=1S/C16H30N2O/c1-3-5-6-7-8-9-10-11-12-17-14-16-18-13-15(4-2)19-16/h13,17H,3-12,14H2,1-2H3. The third-order valence-corrected chi connectivity index (χ3v) is 3.43. The maximum atomic E-state index is 5.54. The summed E-state index contributed by atoms with van der Waals surface area (Å²) in [5.41, 5.74) is 0. The Morgan fingerprint density at radius 2 is 1.68 bits per heavy atom. The number of hydrogen-bond donors (Lipinski definition) is 1. The number of aromatic nitrogens is 1. The Bertz CT molecular complexity index is 309. The van der Waals surface area contributed by atoms with Gasteiger partial charge in [-0.05, 0) is 13.0 Å². The lowest BCUT2D eigenvalue weighted by atomic mass is 10.1. The van der Waals surface area contributed by atoms with Crippen LogP contribution in [0, 0.1) is 0 Å². The van der Waals surface area contributed by atoms with E-state index in [0.29, 0.717) is 0 Å². The number of aryl methyl sites for hydroxylation is 1. The molecular weight excluding hydrogens is 236 g/mol. The molecule has 0 radical (unpaired) electrons. The van der Waals surface area contributed by atoms with Crippen LogP contribution in [0.2, 0.25) is 0 Å². The van der Waals surface area contributed by atoms with Gasteiger partial charge in [0.25, 0.3) is 0 Å². The molecule has 19 heavy (non-hydrogen) atoms. The first-order chi connectivity index (χ1) is 9.36. The van der Waals surface area contributed by atoms with Crippen molar-refractivity contribution in [3.8, 4) is 0 Å². The Balaban J connectivity index is 1.86. The quantitative estimate of drug-likeness (QED) is 0.567. The van der Waals surface area contributed by atoms with Crippen molar-refractivity contribution in [3.05, 3.63) is 17.8 Å². The van der Waals surface area contributed by atoms with Crippen molar-refractivity contribution in [2.75, 3.05) is 6.54 Å². The van der Waals surface area contributed by atoms with Gasteiger partial charge in [0, 0.05) is 6.42 Å². The van der Waals surface area contributed by atoms with Gasteiger partial charge in [-0.15, -0.1) is 0 Å². The van der Waals surface area contributed by atoms with Crippen LogP contribution < -0.4 is 5.32 Å². The van der Waals surface area contributed by atoms with E-state index in [1.807, 2.05) is 6.20 Å². The van der Waals surface area contributed by atoms with Gasteiger partial charge in [-0.2, -0.15) is 0 Å². The SMILES string of the molecule is CCCCCCCCCCNCc1ncc(CC)o1. The van der Waals surface area contributed by atoms with Gasteiger partial charge < -0.3 is 9.73 Å². The summed E-state index contributed by atoms with van der Waals surface area (Å²) in [5.74, 6) is 1.79. The number of rotatable bonds is 12. The molecule has 110 valence electrons. The van der Waals surface area contributed by atoms with Gasteiger partial charge >= 0.3 is 0 Å². The van der Waals surface area contributed by atoms with Gasteiger partial charge in [0.2, 0.25) is 5.89 Å². The average Bonchev–Trinajstić information content (AvgIpc) is 2.89. The van der Waals surface area contributed by atoms with Gasteiger partial charge in [0.1, 0.15) is 5.76 Å². The second-order valence-corrected chi connectivity index (χ2v) is 5.23. The van der Waals surface area contributed by atoms with Crippen molar-refractivity contribution in [2.45, 2.75) is 78.2 Å². The number of nitrogens with one attached hydrogen (secondary N) is 1. The molecule has 0 aliphatic carbocycles. The van der Waals surface area contributed by atoms with Crippen molar-refractivity contribution in [3.63, 3.8) is 0 Å². The molecule has 0 aromatic carbocycles. The van der Waals surface area contributed by atoms with Crippen molar-refractivity contribution in [1.29, 1.82) is 0 Å². The average molecular weight is 266 g/mol. The lowest BCUT2D eigenvalue weighted by Gasteiger charge is -2.03. The molecule has 0 amide bonds. The van der Waals surface area contributed by atoms with E-state index in [9.17, 15) is 0 Å². The molecule has 0 saturated carbocycles. The van der Waals surface area contributed by atoms with E-state index in [4.69, 9.17) is 4.42 Å². The monoisotopic (exact) mass is 266 g/mol. The maximum absolute atomic E-state index is 5.54. The Hall–Kier alpha value is -0.830. The molecular formula is C16H30N2O. The summed E-state index contributed by atoms with van der Waals surface area (Å²) in [7, 11) is 0. The van der Waals surface area contributed by atoms with Gasteiger partial charge in [0.05, 0.1) is 12.7 Å². The number of oxazole rings is 1. The molecule has 1 rings (SSSR count). The largest absolute Gasteiger partial charge is 0.444 e. The van der Waals surface area contributed by atoms with E-state index in [0.717, 1.165) is 31.2 Å². The minimum absolute atomic E-state index is 0.760. The summed E-state index contributed by atoms with van der Waals surface area (Å²) in [6, 6.07) is 0. The Morgan fingerprint density at radius 1 is 1.00 bits per heavy atom. The molecule has 3 nitrogen and oxygen atoms in total. The van der Waals surface area contributed by atoms with Crippen LogP contribution in [-0.2, 0) is 13.0 Å². The predicted octanol–water partition coefficient (Wildman–Crippen LogP) is 4.47. The fraction of sp³-hybridized carbons (Fsp3) is 0.812. The highest BCUT2D eigenvalue weighted by Crippen LogP contribution is 2.08. The Morgan fingerprint density at radius 3 is 2.32 bits per heavy atom. The second kappa shape index (κ2) is 11.0. The van der Waals surface area contributed by atoms with E-state index < -0.39 is 0 Å². The van der Waals surface area contributed by atoms with E-state index in [1.165, 1.54) is 51.4 Å². The highest BCUT2D eigenvalue weighted by atomic mass is 16.4. The minimum atomic E-state index is 0.760. The normalized spacial score (nSPS) is 11.1. The highest BCUT2D eigenvalue weighted by Gasteiger charge is 2.00. The summed E-state index contributed by atoms with van der Waals surface area (Å²) in [5, 5.41) is 3.39. The lowest BCUT2D eigenvalue weighted by molar-refractivity contribution is 0.436. The molecule has 3 heteroatoms. The fourth-order valence-corrected chi connectivity index (χ4v) is 2.17. The first kappa shape index (κ1) is 16.2. The van der Waals surface area contributed by atoms with Crippen molar-refractivity contribution in [2.24, 2.45) is 0 Å². The number of hydrogen-bond acceptors (Lipinski definition) is 3. The Kier molecular flexibility index (Phi) is 9.42. The van der Waals surface area contributed by atoms with Crippen molar-refractivity contribution in [1.82, 2.24) is 10.3 Å². The van der Waals surface area contributed by atoms with Crippen LogP contribution in [0.5, 0.6) is 0 Å². The van der Waals surface area contributed by atoms with Crippen molar-refractivity contribution < 1.29 is 4.42 Å². The van der Waals surface area contributed by atoms with E-state index in [-0.39, 0.29) is 0 Å². The highest BCUT2D eigenvalue weighted by molar-refractivity contribution is 4.93. The Labute approximate surface area is 118 Å². The van der Waals surface area contributed by atoms with E-state index in [2.05, 4.69) is 24.1 Å². The molecule has 0 aliphatic heterocycles. The van der Waals surface area contributed by atoms with Crippen LogP contribution in [0.1, 0.15) is 76.9 Å². The first-order valence-corrected chi connectivity index (χ1v) is 8.01. The van der Waals surface area contributed by atoms with Crippen LogP contribution in [0.15, 0.2) is 10.6 Å². The molecule has 0 unspecified atom stereocenters. The zero-order valence-corrected chi connectivity index (χ0v) is 12.7. The smallest absolute Gasteiger partial charge is 0.208 e. The van der Waals surface area contributed by atoms with Crippen LogP contribution in [0.4, 0.5) is 0 Å². The summed E-state index contributed by atoms with van der Waals surface area (Å²) in [4.78, 5) is 4.23. The van der Waals surface area contributed by atoms with Crippen LogP contribution in [0.3, 0.4) is 0 Å². The number of nitrogens with zero attached hydrogens (tertiary/aromatic N) is 1. The summed E-state index contributed by atoms with van der Waals surface area (Å²) >= 11 is 0. The molecule has 1 aromatic rings. The summed E-state index contributed by atoms with van der Waals surface area (Å²) in [6.07, 6.45) is 13.7. The molecule has 1 heterocycles. The second-order valence-electron chi connectivity index (χ2n) is 5.23. The summed E-state index contributed by atoms with van der Waals surface area (Å²) in [6.45, 7) is 6.18. The number of unbranched alkanes of at least 4 members (excludes halogenated alkanes) is 7. The lowest BCUT2D eigenvalue weighted by Crippen LogP contribution is -2.14. The van der Waals surface area contributed by atoms with Gasteiger partial charge in [-0.1, -0.05) is 58.8 Å². The molecule has 1 aromatic heterocycles. The fourth-order valence-electron chi connectivity index (χ4n) is 2.17. The first-order valence-electron chi connectivity index (χ1n) is 8.01. The molecule has 0 spiro atoms.